The SMILES string of the molecule is CCC1CCC(CN)C(N2CCOCC2C)C1. The van der Waals surface area contributed by atoms with E-state index in [0.717, 1.165) is 32.2 Å². The van der Waals surface area contributed by atoms with Crippen molar-refractivity contribution in [3.8, 4) is 0 Å². The zero-order chi connectivity index (χ0) is 12.3. The first-order valence-electron chi connectivity index (χ1n) is 7.29. The van der Waals surface area contributed by atoms with Crippen molar-refractivity contribution in [2.45, 2.75) is 51.6 Å². The summed E-state index contributed by atoms with van der Waals surface area (Å²) in [6.45, 7) is 8.36. The van der Waals surface area contributed by atoms with E-state index in [4.69, 9.17) is 10.5 Å². The molecule has 100 valence electrons. The van der Waals surface area contributed by atoms with Gasteiger partial charge in [-0.3, -0.25) is 4.90 Å². The first kappa shape index (κ1) is 13.3. The van der Waals surface area contributed by atoms with Crippen LogP contribution in [0.25, 0.3) is 0 Å². The predicted octanol–water partition coefficient (Wildman–Crippen LogP) is 1.86. The molecular formula is C14H28N2O. The van der Waals surface area contributed by atoms with E-state index in [2.05, 4.69) is 18.7 Å². The summed E-state index contributed by atoms with van der Waals surface area (Å²) >= 11 is 0. The van der Waals surface area contributed by atoms with Gasteiger partial charge in [0, 0.05) is 18.6 Å². The van der Waals surface area contributed by atoms with E-state index in [1.807, 2.05) is 0 Å². The summed E-state index contributed by atoms with van der Waals surface area (Å²) in [7, 11) is 0. The number of ether oxygens (including phenoxy) is 1. The van der Waals surface area contributed by atoms with Gasteiger partial charge in [-0.05, 0) is 38.1 Å². The Kier molecular flexibility index (Phi) is 4.83. The Morgan fingerprint density at radius 3 is 2.82 bits per heavy atom. The molecule has 2 rings (SSSR count). The fourth-order valence-electron chi connectivity index (χ4n) is 3.58. The van der Waals surface area contributed by atoms with Gasteiger partial charge in [0.1, 0.15) is 0 Å². The van der Waals surface area contributed by atoms with Crippen molar-refractivity contribution < 1.29 is 4.74 Å². The van der Waals surface area contributed by atoms with E-state index >= 15 is 0 Å². The van der Waals surface area contributed by atoms with Gasteiger partial charge in [0.15, 0.2) is 0 Å². The Bertz CT molecular complexity index is 234. The van der Waals surface area contributed by atoms with Crippen LogP contribution in [0.4, 0.5) is 0 Å². The lowest BCUT2D eigenvalue weighted by molar-refractivity contribution is -0.0483. The van der Waals surface area contributed by atoms with Crippen LogP contribution in [0.15, 0.2) is 0 Å². The Labute approximate surface area is 106 Å². The van der Waals surface area contributed by atoms with Gasteiger partial charge in [-0.25, -0.2) is 0 Å². The number of nitrogens with zero attached hydrogens (tertiary/aromatic N) is 1. The van der Waals surface area contributed by atoms with Crippen molar-refractivity contribution >= 4 is 0 Å². The molecule has 17 heavy (non-hydrogen) atoms. The number of rotatable bonds is 3. The molecule has 1 saturated heterocycles. The molecule has 0 aromatic carbocycles. The second-order valence-electron chi connectivity index (χ2n) is 5.81. The van der Waals surface area contributed by atoms with Gasteiger partial charge in [-0.1, -0.05) is 19.8 Å². The topological polar surface area (TPSA) is 38.5 Å². The summed E-state index contributed by atoms with van der Waals surface area (Å²) in [5, 5.41) is 0. The summed E-state index contributed by atoms with van der Waals surface area (Å²) in [4.78, 5) is 2.67. The van der Waals surface area contributed by atoms with Crippen LogP contribution in [-0.2, 0) is 4.74 Å². The standard InChI is InChI=1S/C14H28N2O/c1-3-12-4-5-13(9-15)14(8-12)16-6-7-17-10-11(16)2/h11-14H,3-10,15H2,1-2H3. The molecule has 2 fully saturated rings. The fraction of sp³-hybridized carbons (Fsp3) is 1.00. The maximum absolute atomic E-state index is 5.97. The second kappa shape index (κ2) is 6.17. The van der Waals surface area contributed by atoms with Crippen molar-refractivity contribution in [1.29, 1.82) is 0 Å². The fourth-order valence-corrected chi connectivity index (χ4v) is 3.58. The average molecular weight is 240 g/mol. The van der Waals surface area contributed by atoms with Gasteiger partial charge in [-0.15, -0.1) is 0 Å². The molecule has 0 amide bonds. The van der Waals surface area contributed by atoms with Gasteiger partial charge < -0.3 is 10.5 Å². The molecule has 0 bridgehead atoms. The van der Waals surface area contributed by atoms with Gasteiger partial charge in [0.2, 0.25) is 0 Å². The number of hydrogen-bond donors (Lipinski definition) is 1. The molecule has 2 aliphatic rings. The van der Waals surface area contributed by atoms with Crippen LogP contribution >= 0.6 is 0 Å². The maximum atomic E-state index is 5.97. The predicted molar refractivity (Wildman–Crippen MR) is 71.0 cm³/mol. The number of nitrogens with two attached hydrogens (primary N) is 1. The van der Waals surface area contributed by atoms with Crippen LogP contribution in [-0.4, -0.2) is 43.3 Å². The van der Waals surface area contributed by atoms with Crippen molar-refractivity contribution in [1.82, 2.24) is 4.90 Å². The van der Waals surface area contributed by atoms with Gasteiger partial charge in [-0.2, -0.15) is 0 Å². The van der Waals surface area contributed by atoms with Gasteiger partial charge >= 0.3 is 0 Å². The highest BCUT2D eigenvalue weighted by atomic mass is 16.5. The van der Waals surface area contributed by atoms with Crippen molar-refractivity contribution in [3.05, 3.63) is 0 Å². The summed E-state index contributed by atoms with van der Waals surface area (Å²) in [5.74, 6) is 1.62. The minimum atomic E-state index is 0.568. The van der Waals surface area contributed by atoms with Crippen molar-refractivity contribution in [2.24, 2.45) is 17.6 Å². The lowest BCUT2D eigenvalue weighted by Gasteiger charge is -2.46. The zero-order valence-electron chi connectivity index (χ0n) is 11.4. The molecule has 3 nitrogen and oxygen atoms in total. The lowest BCUT2D eigenvalue weighted by atomic mass is 9.76. The molecule has 1 heterocycles. The molecule has 0 aromatic heterocycles. The first-order chi connectivity index (χ1) is 8.26. The molecule has 1 saturated carbocycles. The Hall–Kier alpha value is -0.120. The minimum absolute atomic E-state index is 0.568. The van der Waals surface area contributed by atoms with Crippen LogP contribution in [0, 0.1) is 11.8 Å². The third-order valence-electron chi connectivity index (χ3n) is 4.79. The third kappa shape index (κ3) is 3.01. The van der Waals surface area contributed by atoms with Crippen LogP contribution in [0.1, 0.15) is 39.5 Å². The molecule has 0 spiro atoms. The molecule has 2 N–H and O–H groups in total. The molecule has 0 radical (unpaired) electrons. The van der Waals surface area contributed by atoms with E-state index < -0.39 is 0 Å². The Morgan fingerprint density at radius 2 is 2.18 bits per heavy atom. The zero-order valence-corrected chi connectivity index (χ0v) is 11.4. The van der Waals surface area contributed by atoms with Gasteiger partial charge in [0.05, 0.1) is 13.2 Å². The van der Waals surface area contributed by atoms with Crippen molar-refractivity contribution in [2.75, 3.05) is 26.3 Å². The summed E-state index contributed by atoms with van der Waals surface area (Å²) in [6, 6.07) is 1.27. The first-order valence-corrected chi connectivity index (χ1v) is 7.29. The molecular weight excluding hydrogens is 212 g/mol. The monoisotopic (exact) mass is 240 g/mol. The Balaban J connectivity index is 2.02. The van der Waals surface area contributed by atoms with E-state index in [-0.39, 0.29) is 0 Å². The summed E-state index contributed by atoms with van der Waals surface area (Å²) < 4.78 is 5.55. The van der Waals surface area contributed by atoms with Gasteiger partial charge in [0.25, 0.3) is 0 Å². The maximum Gasteiger partial charge on any atom is 0.0619 e. The number of morpholine rings is 1. The van der Waals surface area contributed by atoms with Crippen LogP contribution in [0.2, 0.25) is 0 Å². The quantitative estimate of drug-likeness (QED) is 0.818. The molecule has 4 atom stereocenters. The van der Waals surface area contributed by atoms with E-state index in [1.165, 1.54) is 25.7 Å². The van der Waals surface area contributed by atoms with Crippen molar-refractivity contribution in [3.63, 3.8) is 0 Å². The second-order valence-corrected chi connectivity index (χ2v) is 5.81. The summed E-state index contributed by atoms with van der Waals surface area (Å²) in [6.07, 6.45) is 5.38. The Morgan fingerprint density at radius 1 is 1.35 bits per heavy atom. The molecule has 0 aromatic rings. The highest BCUT2D eigenvalue weighted by molar-refractivity contribution is 4.90. The average Bonchev–Trinajstić information content (AvgIpc) is 2.38. The van der Waals surface area contributed by atoms with E-state index in [1.54, 1.807) is 0 Å². The highest BCUT2D eigenvalue weighted by Crippen LogP contribution is 2.34. The smallest absolute Gasteiger partial charge is 0.0619 e. The number of hydrogen-bond acceptors (Lipinski definition) is 3. The largest absolute Gasteiger partial charge is 0.379 e. The molecule has 3 heteroatoms. The minimum Gasteiger partial charge on any atom is -0.379 e. The molecule has 4 unspecified atom stereocenters. The molecule has 1 aliphatic carbocycles. The normalized spacial score (nSPS) is 40.4. The highest BCUT2D eigenvalue weighted by Gasteiger charge is 2.35. The lowest BCUT2D eigenvalue weighted by Crippen LogP contribution is -2.54. The third-order valence-corrected chi connectivity index (χ3v) is 4.79. The van der Waals surface area contributed by atoms with Crippen LogP contribution in [0.3, 0.4) is 0 Å². The van der Waals surface area contributed by atoms with Crippen LogP contribution < -0.4 is 5.73 Å². The summed E-state index contributed by atoms with van der Waals surface area (Å²) in [5.41, 5.74) is 5.97. The molecule has 1 aliphatic heterocycles. The van der Waals surface area contributed by atoms with E-state index in [0.29, 0.717) is 18.0 Å². The van der Waals surface area contributed by atoms with E-state index in [9.17, 15) is 0 Å². The van der Waals surface area contributed by atoms with Crippen LogP contribution in [0.5, 0.6) is 0 Å².